The van der Waals surface area contributed by atoms with Crippen LogP contribution < -0.4 is 15.2 Å². The molecular weight excluding hydrogens is 450 g/mol. The molecule has 8 nitrogen and oxygen atoms in total. The smallest absolute Gasteiger partial charge is 0.259 e. The second kappa shape index (κ2) is 7.10. The van der Waals surface area contributed by atoms with Crippen molar-refractivity contribution in [3.8, 4) is 11.3 Å². The van der Waals surface area contributed by atoms with Gasteiger partial charge in [-0.15, -0.1) is 0 Å². The van der Waals surface area contributed by atoms with Crippen LogP contribution in [0.2, 0.25) is 0 Å². The topological polar surface area (TPSA) is 112 Å². The first kappa shape index (κ1) is 20.2. The summed E-state index contributed by atoms with van der Waals surface area (Å²) in [5, 5.41) is 3.01. The molecule has 0 aliphatic heterocycles. The summed E-state index contributed by atoms with van der Waals surface area (Å²) in [6, 6.07) is 4.83. The molecule has 2 N–H and O–H groups in total. The number of nitrogens with zero attached hydrogens (tertiary/aromatic N) is 1. The van der Waals surface area contributed by atoms with E-state index in [1.165, 1.54) is 26.4 Å². The Balaban J connectivity index is 2.40. The van der Waals surface area contributed by atoms with Crippen molar-refractivity contribution in [2.24, 2.45) is 0 Å². The lowest BCUT2D eigenvalue weighted by Gasteiger charge is -2.18. The Labute approximate surface area is 169 Å². The molecule has 28 heavy (non-hydrogen) atoms. The SMILES string of the molecule is CNC(=O)c1c(-c2c(C)cc[nH]c2=O)oc2cc(N(C)S(C)(=O)=O)c(Br)cc12. The van der Waals surface area contributed by atoms with Crippen molar-refractivity contribution >= 4 is 48.5 Å². The van der Waals surface area contributed by atoms with Gasteiger partial charge in [0.05, 0.1) is 23.1 Å². The van der Waals surface area contributed by atoms with Crippen molar-refractivity contribution < 1.29 is 17.6 Å². The Hall–Kier alpha value is -2.59. The molecule has 1 amide bonds. The lowest BCUT2D eigenvalue weighted by atomic mass is 10.0. The van der Waals surface area contributed by atoms with Crippen LogP contribution in [0.25, 0.3) is 22.3 Å². The molecule has 0 aliphatic rings. The van der Waals surface area contributed by atoms with E-state index in [1.54, 1.807) is 19.1 Å². The summed E-state index contributed by atoms with van der Waals surface area (Å²) in [4.78, 5) is 27.6. The van der Waals surface area contributed by atoms with Crippen LogP contribution in [0, 0.1) is 6.92 Å². The van der Waals surface area contributed by atoms with Crippen molar-refractivity contribution in [1.29, 1.82) is 0 Å². The van der Waals surface area contributed by atoms with Gasteiger partial charge in [-0.25, -0.2) is 8.42 Å². The molecule has 10 heteroatoms. The maximum absolute atomic E-state index is 12.6. The van der Waals surface area contributed by atoms with Crippen molar-refractivity contribution in [2.45, 2.75) is 6.92 Å². The van der Waals surface area contributed by atoms with Crippen LogP contribution in [0.15, 0.2) is 38.1 Å². The number of H-pyrrole nitrogens is 1. The number of benzene rings is 1. The molecular formula is C18H18BrN3O5S. The third-order valence-electron chi connectivity index (χ3n) is 4.44. The lowest BCUT2D eigenvalue weighted by Crippen LogP contribution is -2.25. The Morgan fingerprint density at radius 2 is 2.00 bits per heavy atom. The number of rotatable bonds is 4. The van der Waals surface area contributed by atoms with Crippen molar-refractivity contribution in [3.05, 3.63) is 50.3 Å². The van der Waals surface area contributed by atoms with Crippen LogP contribution in [-0.4, -0.2) is 39.7 Å². The van der Waals surface area contributed by atoms with Crippen LogP contribution in [0.4, 0.5) is 5.69 Å². The molecule has 0 saturated carbocycles. The first-order valence-electron chi connectivity index (χ1n) is 8.17. The zero-order chi connectivity index (χ0) is 20.8. The number of aromatic amines is 1. The van der Waals surface area contributed by atoms with E-state index >= 15 is 0 Å². The Bertz CT molecular complexity index is 1260. The molecule has 0 bridgehead atoms. The van der Waals surface area contributed by atoms with Gasteiger partial charge in [0.2, 0.25) is 10.0 Å². The number of anilines is 1. The summed E-state index contributed by atoms with van der Waals surface area (Å²) < 4.78 is 31.3. The van der Waals surface area contributed by atoms with E-state index in [1.807, 2.05) is 0 Å². The second-order valence-electron chi connectivity index (χ2n) is 6.28. The highest BCUT2D eigenvalue weighted by molar-refractivity contribution is 9.10. The molecule has 0 spiro atoms. The van der Waals surface area contributed by atoms with Gasteiger partial charge in [0.1, 0.15) is 5.58 Å². The van der Waals surface area contributed by atoms with Crippen LogP contribution in [0.5, 0.6) is 0 Å². The van der Waals surface area contributed by atoms with Gasteiger partial charge < -0.3 is 14.7 Å². The van der Waals surface area contributed by atoms with Gasteiger partial charge in [0, 0.05) is 36.2 Å². The molecule has 0 aliphatic carbocycles. The van der Waals surface area contributed by atoms with E-state index in [0.717, 1.165) is 10.6 Å². The first-order chi connectivity index (χ1) is 13.1. The molecule has 1 aromatic carbocycles. The number of sulfonamides is 1. The summed E-state index contributed by atoms with van der Waals surface area (Å²) in [7, 11) is -0.616. The van der Waals surface area contributed by atoms with Gasteiger partial charge in [-0.05, 0) is 40.5 Å². The number of carbonyl (C=O) groups is 1. The molecule has 0 radical (unpaired) electrons. The maximum Gasteiger partial charge on any atom is 0.259 e. The van der Waals surface area contributed by atoms with Gasteiger partial charge in [0.25, 0.3) is 11.5 Å². The Morgan fingerprint density at radius 3 is 2.57 bits per heavy atom. The van der Waals surface area contributed by atoms with Crippen molar-refractivity contribution in [2.75, 3.05) is 24.7 Å². The number of carbonyl (C=O) groups excluding carboxylic acids is 1. The number of fused-ring (bicyclic) bond motifs is 1. The fourth-order valence-electron chi connectivity index (χ4n) is 2.91. The number of hydrogen-bond donors (Lipinski definition) is 2. The molecule has 0 atom stereocenters. The Kier molecular flexibility index (Phi) is 5.11. The lowest BCUT2D eigenvalue weighted by molar-refractivity contribution is 0.0964. The number of aryl methyl sites for hydroxylation is 1. The van der Waals surface area contributed by atoms with Crippen LogP contribution >= 0.6 is 15.9 Å². The van der Waals surface area contributed by atoms with E-state index in [4.69, 9.17) is 4.42 Å². The number of halogens is 1. The Morgan fingerprint density at radius 1 is 1.32 bits per heavy atom. The summed E-state index contributed by atoms with van der Waals surface area (Å²) >= 11 is 3.36. The summed E-state index contributed by atoms with van der Waals surface area (Å²) in [6.45, 7) is 1.74. The van der Waals surface area contributed by atoms with E-state index in [2.05, 4.69) is 26.2 Å². The fraction of sp³-hybridized carbons (Fsp3) is 0.222. The molecule has 3 aromatic rings. The van der Waals surface area contributed by atoms with Crippen LogP contribution in [0.1, 0.15) is 15.9 Å². The highest BCUT2D eigenvalue weighted by Gasteiger charge is 2.26. The molecule has 148 valence electrons. The highest BCUT2D eigenvalue weighted by Crippen LogP contribution is 2.39. The van der Waals surface area contributed by atoms with Gasteiger partial charge in [-0.3, -0.25) is 13.9 Å². The second-order valence-corrected chi connectivity index (χ2v) is 9.15. The highest BCUT2D eigenvalue weighted by atomic mass is 79.9. The monoisotopic (exact) mass is 467 g/mol. The van der Waals surface area contributed by atoms with E-state index in [9.17, 15) is 18.0 Å². The van der Waals surface area contributed by atoms with E-state index < -0.39 is 21.5 Å². The molecule has 2 heterocycles. The van der Waals surface area contributed by atoms with Crippen molar-refractivity contribution in [3.63, 3.8) is 0 Å². The van der Waals surface area contributed by atoms with Gasteiger partial charge in [0.15, 0.2) is 5.76 Å². The molecule has 0 unspecified atom stereocenters. The minimum atomic E-state index is -3.51. The van der Waals surface area contributed by atoms with Crippen molar-refractivity contribution in [1.82, 2.24) is 10.3 Å². The fourth-order valence-corrected chi connectivity index (χ4v) is 4.15. The zero-order valence-electron chi connectivity index (χ0n) is 15.6. The van der Waals surface area contributed by atoms with Gasteiger partial charge >= 0.3 is 0 Å². The average molecular weight is 468 g/mol. The third kappa shape index (κ3) is 3.33. The van der Waals surface area contributed by atoms with Crippen LogP contribution in [0.3, 0.4) is 0 Å². The number of aromatic nitrogens is 1. The molecule has 0 saturated heterocycles. The largest absolute Gasteiger partial charge is 0.455 e. The summed E-state index contributed by atoms with van der Waals surface area (Å²) in [5.74, 6) is -0.299. The predicted molar refractivity (Wildman–Crippen MR) is 111 cm³/mol. The number of nitrogens with one attached hydrogen (secondary N) is 2. The molecule has 3 rings (SSSR count). The quantitative estimate of drug-likeness (QED) is 0.612. The summed E-state index contributed by atoms with van der Waals surface area (Å²) in [6.07, 6.45) is 2.60. The minimum absolute atomic E-state index is 0.125. The van der Waals surface area contributed by atoms with E-state index in [-0.39, 0.29) is 22.5 Å². The molecule has 2 aromatic heterocycles. The molecule has 0 fully saturated rings. The normalized spacial score (nSPS) is 11.6. The van der Waals surface area contributed by atoms with Gasteiger partial charge in [-0.2, -0.15) is 0 Å². The minimum Gasteiger partial charge on any atom is -0.455 e. The van der Waals surface area contributed by atoms with E-state index in [0.29, 0.717) is 21.1 Å². The van der Waals surface area contributed by atoms with Crippen LogP contribution in [-0.2, 0) is 10.0 Å². The third-order valence-corrected chi connectivity index (χ3v) is 6.27. The first-order valence-corrected chi connectivity index (χ1v) is 10.8. The predicted octanol–water partition coefficient (Wildman–Crippen LogP) is 2.61. The number of hydrogen-bond acceptors (Lipinski definition) is 5. The van der Waals surface area contributed by atoms with Gasteiger partial charge in [-0.1, -0.05) is 0 Å². The number of furan rings is 1. The maximum atomic E-state index is 12.6. The summed E-state index contributed by atoms with van der Waals surface area (Å²) in [5.41, 5.74) is 1.32. The average Bonchev–Trinajstić information content (AvgIpc) is 2.96. The number of pyridine rings is 1. The number of amides is 1. The zero-order valence-corrected chi connectivity index (χ0v) is 18.0. The standard InChI is InChI=1S/C18H18BrN3O5S/c1-9-5-6-21-18(24)14(9)16-15(17(23)20-2)10-7-11(19)12(8-13(10)27-16)22(3)28(4,25)26/h5-8H,1-4H3,(H,20,23)(H,21,24).